The molecule has 3 heterocycles. The van der Waals surface area contributed by atoms with Gasteiger partial charge in [0.1, 0.15) is 48.3 Å². The summed E-state index contributed by atoms with van der Waals surface area (Å²) in [6.45, 7) is -0.619. The van der Waals surface area contributed by atoms with Crippen LogP contribution in [0, 0.1) is 0 Å². The predicted molar refractivity (Wildman–Crippen MR) is 277 cm³/mol. The van der Waals surface area contributed by atoms with E-state index in [0.29, 0.717) is 29.1 Å². The minimum atomic E-state index is -1.80. The van der Waals surface area contributed by atoms with Crippen LogP contribution in [0.2, 0.25) is 0 Å². The molecule has 0 unspecified atom stereocenters. The number of guanidine groups is 1. The van der Waals surface area contributed by atoms with Crippen LogP contribution >= 0.6 is 11.8 Å². The molecule has 77 heavy (non-hydrogen) atoms. The smallest absolute Gasteiger partial charge is 0.326 e. The molecule has 0 spiro atoms. The number of rotatable bonds is 32. The van der Waals surface area contributed by atoms with E-state index in [4.69, 9.17) is 17.2 Å². The fourth-order valence-corrected chi connectivity index (χ4v) is 8.50. The predicted octanol–water partition coefficient (Wildman–Crippen LogP) is -5.87. The van der Waals surface area contributed by atoms with E-state index in [2.05, 4.69) is 62.1 Å². The van der Waals surface area contributed by atoms with Crippen molar-refractivity contribution >= 4 is 70.9 Å². The van der Waals surface area contributed by atoms with Crippen LogP contribution in [0.15, 0.2) is 60.4 Å². The van der Waals surface area contributed by atoms with Crippen molar-refractivity contribution in [2.24, 2.45) is 22.2 Å². The number of hydrogen-bond donors (Lipinski definition) is 16. The van der Waals surface area contributed by atoms with Crippen molar-refractivity contribution in [2.45, 2.75) is 119 Å². The third-order valence-electron chi connectivity index (χ3n) is 12.2. The Labute approximate surface area is 446 Å². The van der Waals surface area contributed by atoms with Gasteiger partial charge in [-0.05, 0) is 56.6 Å². The number of hydrogen-bond acceptors (Lipinski definition) is 17. The van der Waals surface area contributed by atoms with E-state index in [-0.39, 0.29) is 64.0 Å². The Morgan fingerprint density at radius 1 is 0.727 bits per heavy atom. The fraction of sp³-hybridized carbons (Fsp3) is 0.532. The highest BCUT2D eigenvalue weighted by Gasteiger charge is 2.41. The lowest BCUT2D eigenvalue weighted by Crippen LogP contribution is -2.62. The zero-order valence-corrected chi connectivity index (χ0v) is 43.4. The maximum absolute atomic E-state index is 14.4. The molecule has 0 radical (unpaired) electrons. The zero-order chi connectivity index (χ0) is 56.6. The van der Waals surface area contributed by atoms with Gasteiger partial charge in [-0.2, -0.15) is 11.8 Å². The number of carboxylic acid groups (broad SMARTS) is 1. The normalized spacial score (nSPS) is 16.6. The van der Waals surface area contributed by atoms with E-state index < -0.39 is 127 Å². The number of carbonyl (C=O) groups excluding carboxylic acids is 8. The van der Waals surface area contributed by atoms with Gasteiger partial charge >= 0.3 is 5.97 Å². The second-order valence-corrected chi connectivity index (χ2v) is 19.1. The standard InChI is InChI=1S/C47H70N16O13S/c1-25(66)37(62-40(69)32(18-28-20-52-24-55-28)57-39(68)31(17-27-19-51-23-54-27)58-41(70)34(21-64)60-38(67)29(48)12-15-77-2)44(73)56-30(10-6-13-53-47(49)50)45(74)63-14-7-11-36(63)43(72)61-35(22-65)42(71)59-33(46(75)76)16-26-8-4-3-5-9-26/h3-5,8-9,19-20,23-25,29-37,64-66H,6-7,10-18,21-22,48H2,1-2H3,(H,51,54)(H,52,55)(H,56,73)(H,57,68)(H,58,70)(H,59,71)(H,60,67)(H,61,72)(H,62,69)(H,75,76)(H4,49,50,53)/t25-,29+,30+,31+,32+,33+,34+,35+,36+,37+/m1/s1. The number of aliphatic carboxylic acids is 1. The van der Waals surface area contributed by atoms with Crippen LogP contribution in [-0.2, 0) is 62.4 Å². The van der Waals surface area contributed by atoms with Gasteiger partial charge in [-0.1, -0.05) is 30.3 Å². The summed E-state index contributed by atoms with van der Waals surface area (Å²) in [6.07, 6.45) is 5.55. The van der Waals surface area contributed by atoms with Crippen molar-refractivity contribution in [2.75, 3.05) is 38.3 Å². The summed E-state index contributed by atoms with van der Waals surface area (Å²) in [6, 6.07) is -4.62. The van der Waals surface area contributed by atoms with Gasteiger partial charge in [-0.25, -0.2) is 14.8 Å². The summed E-state index contributed by atoms with van der Waals surface area (Å²) in [4.78, 5) is 141. The maximum atomic E-state index is 14.4. The molecule has 1 fully saturated rings. The van der Waals surface area contributed by atoms with E-state index >= 15 is 0 Å². The Hall–Kier alpha value is -7.67. The Morgan fingerprint density at radius 3 is 1.78 bits per heavy atom. The van der Waals surface area contributed by atoms with Gasteiger partial charge in [0.05, 0.1) is 38.0 Å². The Kier molecular flexibility index (Phi) is 25.2. The molecular weight excluding hydrogens is 1030 g/mol. The number of imidazole rings is 2. The summed E-state index contributed by atoms with van der Waals surface area (Å²) in [5, 5.41) is 58.2. The monoisotopic (exact) mass is 1100 g/mol. The summed E-state index contributed by atoms with van der Waals surface area (Å²) < 4.78 is 0. The number of H-pyrrole nitrogens is 2. The minimum absolute atomic E-state index is 0.000516. The molecule has 1 aromatic carbocycles. The number of carboxylic acids is 1. The number of aromatic amines is 2. The quantitative estimate of drug-likeness (QED) is 0.0157. The van der Waals surface area contributed by atoms with Crippen LogP contribution in [0.3, 0.4) is 0 Å². The first kappa shape index (κ1) is 61.9. The number of nitrogens with zero attached hydrogens (tertiary/aromatic N) is 4. The summed E-state index contributed by atoms with van der Waals surface area (Å²) >= 11 is 1.45. The molecule has 4 rings (SSSR count). The SMILES string of the molecule is CSCC[C@H](N)C(=O)N[C@@H](CO)C(=O)N[C@@H](Cc1cnc[nH]1)C(=O)N[C@@H](Cc1cnc[nH]1)C(=O)N[C@H](C(=O)N[C@@H](CCCN=C(N)N)C(=O)N1CCC[C@H]1C(=O)N[C@@H](CO)C(=O)N[C@@H](Cc1ccccc1)C(=O)O)[C@@H](C)O. The number of aromatic nitrogens is 4. The lowest BCUT2D eigenvalue weighted by molar-refractivity contribution is -0.144. The molecule has 3 aromatic rings. The number of benzene rings is 1. The molecule has 10 atom stereocenters. The Morgan fingerprint density at radius 2 is 1.26 bits per heavy atom. The molecule has 2 aromatic heterocycles. The number of aliphatic hydroxyl groups is 3. The number of nitrogens with two attached hydrogens (primary N) is 3. The van der Waals surface area contributed by atoms with Gasteiger partial charge in [0.2, 0.25) is 47.3 Å². The molecule has 0 bridgehead atoms. The summed E-state index contributed by atoms with van der Waals surface area (Å²) in [5.74, 6) is -8.45. The van der Waals surface area contributed by atoms with Crippen LogP contribution in [-0.4, -0.2) is 203 Å². The molecule has 1 saturated heterocycles. The van der Waals surface area contributed by atoms with E-state index in [0.717, 1.165) is 4.90 Å². The number of thioether (sulfide) groups is 1. The number of carbonyl (C=O) groups is 9. The minimum Gasteiger partial charge on any atom is -0.480 e. The second-order valence-electron chi connectivity index (χ2n) is 18.1. The van der Waals surface area contributed by atoms with Crippen LogP contribution < -0.4 is 54.4 Å². The molecule has 30 heteroatoms. The number of likely N-dealkylation sites (tertiary alicyclic amines) is 1. The number of aliphatic imine (C=N–C) groups is 1. The first-order chi connectivity index (χ1) is 36.8. The molecule has 29 nitrogen and oxygen atoms in total. The zero-order valence-electron chi connectivity index (χ0n) is 42.6. The molecular formula is C47H70N16O13S. The van der Waals surface area contributed by atoms with Gasteiger partial charge < -0.3 is 89.7 Å². The highest BCUT2D eigenvalue weighted by molar-refractivity contribution is 7.98. The number of amides is 8. The van der Waals surface area contributed by atoms with E-state index in [1.165, 1.54) is 43.7 Å². The van der Waals surface area contributed by atoms with Crippen LogP contribution in [0.5, 0.6) is 0 Å². The molecule has 0 saturated carbocycles. The lowest BCUT2D eigenvalue weighted by atomic mass is 10.0. The molecule has 422 valence electrons. The van der Waals surface area contributed by atoms with Gasteiger partial charge in [0, 0.05) is 56.1 Å². The largest absolute Gasteiger partial charge is 0.480 e. The number of aliphatic hydroxyl groups excluding tert-OH is 3. The van der Waals surface area contributed by atoms with Crippen LogP contribution in [0.4, 0.5) is 0 Å². The second kappa shape index (κ2) is 31.4. The van der Waals surface area contributed by atoms with Crippen molar-refractivity contribution in [3.8, 4) is 0 Å². The van der Waals surface area contributed by atoms with Crippen molar-refractivity contribution in [3.63, 3.8) is 0 Å². The average molecular weight is 1100 g/mol. The van der Waals surface area contributed by atoms with Gasteiger partial charge in [-0.15, -0.1) is 0 Å². The van der Waals surface area contributed by atoms with E-state index in [1.54, 1.807) is 30.3 Å². The molecule has 1 aliphatic rings. The fourth-order valence-electron chi connectivity index (χ4n) is 8.01. The molecule has 19 N–H and O–H groups in total. The topological polar surface area (TPSA) is 470 Å². The van der Waals surface area contributed by atoms with Crippen molar-refractivity contribution in [1.82, 2.24) is 62.1 Å². The molecule has 8 amide bonds. The van der Waals surface area contributed by atoms with E-state index in [1.807, 2.05) is 6.26 Å². The maximum Gasteiger partial charge on any atom is 0.326 e. The van der Waals surface area contributed by atoms with Gasteiger partial charge in [0.15, 0.2) is 5.96 Å². The van der Waals surface area contributed by atoms with Gasteiger partial charge in [-0.3, -0.25) is 43.3 Å². The van der Waals surface area contributed by atoms with Crippen LogP contribution in [0.25, 0.3) is 0 Å². The number of nitrogens with one attached hydrogen (secondary N) is 9. The van der Waals surface area contributed by atoms with Crippen LogP contribution in [0.1, 0.15) is 56.0 Å². The summed E-state index contributed by atoms with van der Waals surface area (Å²) in [5.41, 5.74) is 18.2. The first-order valence-corrected chi connectivity index (χ1v) is 26.0. The average Bonchev–Trinajstić information content (AvgIpc) is 4.23. The third-order valence-corrected chi connectivity index (χ3v) is 12.8. The van der Waals surface area contributed by atoms with Crippen molar-refractivity contribution < 1.29 is 63.6 Å². The molecule has 0 aliphatic carbocycles. The van der Waals surface area contributed by atoms with Gasteiger partial charge in [0.25, 0.3) is 0 Å². The third kappa shape index (κ3) is 19.8. The van der Waals surface area contributed by atoms with Crippen molar-refractivity contribution in [1.29, 1.82) is 0 Å². The lowest BCUT2D eigenvalue weighted by Gasteiger charge is -2.31. The van der Waals surface area contributed by atoms with E-state index in [9.17, 15) is 63.6 Å². The first-order valence-electron chi connectivity index (χ1n) is 24.6. The highest BCUT2D eigenvalue weighted by Crippen LogP contribution is 2.21. The molecule has 1 aliphatic heterocycles. The Bertz CT molecular complexity index is 2450. The van der Waals surface area contributed by atoms with Crippen molar-refractivity contribution in [3.05, 3.63) is 72.3 Å². The summed E-state index contributed by atoms with van der Waals surface area (Å²) in [7, 11) is 0. The highest BCUT2D eigenvalue weighted by atomic mass is 32.2. The Balaban J connectivity index is 1.53.